The number of pyridine rings is 3. The van der Waals surface area contributed by atoms with Crippen LogP contribution in [0.4, 0.5) is 11.5 Å². The number of aromatic nitrogens is 3. The molecule has 0 saturated carbocycles. The Balaban J connectivity index is 0.000000241. The lowest BCUT2D eigenvalue weighted by molar-refractivity contribution is -0.123. The molecule has 6 rings (SSSR count). The summed E-state index contributed by atoms with van der Waals surface area (Å²) in [6.45, 7) is 6.17. The number of halogens is 1. The summed E-state index contributed by atoms with van der Waals surface area (Å²) in [4.78, 5) is 54.6. The molecule has 5 aromatic rings. The number of ether oxygens (including phenoxy) is 2. The maximum atomic E-state index is 12.6. The molecule has 4 heterocycles. The lowest BCUT2D eigenvalue weighted by atomic mass is 9.92. The Morgan fingerprint density at radius 1 is 0.811 bits per heavy atom. The summed E-state index contributed by atoms with van der Waals surface area (Å²) < 4.78 is 13.7. The molecule has 0 bridgehead atoms. The Hall–Kier alpha value is -5.56. The SMILES string of the molecule is CNC(=O)COc1cc2cc(Cc3nc(N4C[C@H](C)C[C@H](C)C4)ccc3Cl)ccc2n(C)c1=O.CNC(=O)COc1cc2cc(N)ccc2n(C)c1=O. The fourth-order valence-corrected chi connectivity index (χ4v) is 6.71. The van der Waals surface area contributed by atoms with E-state index in [0.29, 0.717) is 29.0 Å². The van der Waals surface area contributed by atoms with E-state index in [1.165, 1.54) is 29.7 Å². The van der Waals surface area contributed by atoms with E-state index in [1.807, 2.05) is 30.3 Å². The van der Waals surface area contributed by atoms with E-state index in [2.05, 4.69) is 29.4 Å². The van der Waals surface area contributed by atoms with Crippen LogP contribution in [0.25, 0.3) is 21.8 Å². The average Bonchev–Trinajstić information content (AvgIpc) is 3.13. The number of nitrogens with one attached hydrogen (secondary N) is 2. The van der Waals surface area contributed by atoms with E-state index >= 15 is 0 Å². The Morgan fingerprint density at radius 3 is 1.89 bits per heavy atom. The molecule has 0 spiro atoms. The Bertz CT molecular complexity index is 2260. The second-order valence-electron chi connectivity index (χ2n) is 13.5. The van der Waals surface area contributed by atoms with Crippen molar-refractivity contribution in [2.45, 2.75) is 26.7 Å². The zero-order valence-electron chi connectivity index (χ0n) is 30.9. The van der Waals surface area contributed by atoms with Gasteiger partial charge in [0.2, 0.25) is 0 Å². The molecule has 13 nitrogen and oxygen atoms in total. The van der Waals surface area contributed by atoms with E-state index in [4.69, 9.17) is 31.8 Å². The lowest BCUT2D eigenvalue weighted by Crippen LogP contribution is -2.39. The third kappa shape index (κ3) is 9.28. The second-order valence-corrected chi connectivity index (χ2v) is 13.9. The van der Waals surface area contributed by atoms with Gasteiger partial charge in [0.05, 0.1) is 21.7 Å². The fraction of sp³-hybridized carbons (Fsp3) is 0.359. The van der Waals surface area contributed by atoms with Crippen molar-refractivity contribution in [2.24, 2.45) is 25.9 Å². The predicted molar refractivity (Wildman–Crippen MR) is 209 cm³/mol. The fourth-order valence-electron chi connectivity index (χ4n) is 6.54. The molecule has 280 valence electrons. The largest absolute Gasteiger partial charge is 0.478 e. The van der Waals surface area contributed by atoms with E-state index in [1.54, 1.807) is 44.4 Å². The molecule has 2 atom stereocenters. The lowest BCUT2D eigenvalue weighted by Gasteiger charge is -2.36. The third-order valence-electron chi connectivity index (χ3n) is 9.21. The number of nitrogens with two attached hydrogens (primary N) is 1. The summed E-state index contributed by atoms with van der Waals surface area (Å²) in [5.41, 5.74) is 9.12. The first-order valence-corrected chi connectivity index (χ1v) is 17.7. The number of aryl methyl sites for hydroxylation is 2. The number of carbonyl (C=O) groups is 2. The first-order valence-electron chi connectivity index (χ1n) is 17.4. The number of nitrogens with zero attached hydrogens (tertiary/aromatic N) is 4. The minimum absolute atomic E-state index is 0.129. The van der Waals surface area contributed by atoms with Gasteiger partial charge in [0.25, 0.3) is 22.9 Å². The molecular formula is C39H46ClN7O6. The summed E-state index contributed by atoms with van der Waals surface area (Å²) in [6, 6.07) is 18.4. The van der Waals surface area contributed by atoms with Gasteiger partial charge in [-0.3, -0.25) is 19.2 Å². The van der Waals surface area contributed by atoms with Crippen LogP contribution in [0.3, 0.4) is 0 Å². The van der Waals surface area contributed by atoms with Crippen LogP contribution in [0.2, 0.25) is 5.02 Å². The van der Waals surface area contributed by atoms with Crippen molar-refractivity contribution in [1.82, 2.24) is 24.8 Å². The summed E-state index contributed by atoms with van der Waals surface area (Å²) in [6.07, 6.45) is 1.81. The number of fused-ring (bicyclic) bond motifs is 2. The van der Waals surface area contributed by atoms with Crippen molar-refractivity contribution in [3.63, 3.8) is 0 Å². The topological polar surface area (TPSA) is 163 Å². The molecule has 1 aliphatic rings. The van der Waals surface area contributed by atoms with Crippen LogP contribution in [0.1, 0.15) is 31.5 Å². The van der Waals surface area contributed by atoms with Gasteiger partial charge in [-0.2, -0.15) is 0 Å². The number of likely N-dealkylation sites (N-methyl/N-ethyl adjacent to an activating group) is 2. The summed E-state index contributed by atoms with van der Waals surface area (Å²) in [5.74, 6) is 1.91. The molecule has 2 aromatic carbocycles. The van der Waals surface area contributed by atoms with Gasteiger partial charge in [0, 0.05) is 64.2 Å². The van der Waals surface area contributed by atoms with Gasteiger partial charge in [0.1, 0.15) is 5.82 Å². The normalized spacial score (nSPS) is 15.4. The summed E-state index contributed by atoms with van der Waals surface area (Å²) in [5, 5.41) is 7.18. The van der Waals surface area contributed by atoms with Gasteiger partial charge < -0.3 is 39.9 Å². The number of piperidine rings is 1. The average molecular weight is 744 g/mol. The summed E-state index contributed by atoms with van der Waals surface area (Å²) >= 11 is 6.53. The smallest absolute Gasteiger partial charge is 0.293 e. The molecule has 3 aromatic heterocycles. The monoisotopic (exact) mass is 743 g/mol. The van der Waals surface area contributed by atoms with Crippen molar-refractivity contribution in [3.05, 3.63) is 97.7 Å². The van der Waals surface area contributed by atoms with Crippen LogP contribution in [-0.4, -0.2) is 66.3 Å². The van der Waals surface area contributed by atoms with Crippen molar-refractivity contribution < 1.29 is 19.1 Å². The number of carbonyl (C=O) groups excluding carboxylic acids is 2. The number of hydrogen-bond donors (Lipinski definition) is 3. The highest BCUT2D eigenvalue weighted by Crippen LogP contribution is 2.29. The van der Waals surface area contributed by atoms with Gasteiger partial charge in [-0.05, 0) is 78.4 Å². The number of anilines is 2. The quantitative estimate of drug-likeness (QED) is 0.189. The predicted octanol–water partition coefficient (Wildman–Crippen LogP) is 4.03. The van der Waals surface area contributed by atoms with Crippen LogP contribution in [0.15, 0.2) is 70.3 Å². The molecule has 1 fully saturated rings. The van der Waals surface area contributed by atoms with Crippen molar-refractivity contribution in [2.75, 3.05) is 51.0 Å². The Kier molecular flexibility index (Phi) is 12.3. The van der Waals surface area contributed by atoms with Gasteiger partial charge in [-0.25, -0.2) is 4.98 Å². The van der Waals surface area contributed by atoms with Gasteiger partial charge >= 0.3 is 0 Å². The molecular weight excluding hydrogens is 698 g/mol. The zero-order chi connectivity index (χ0) is 38.4. The number of benzene rings is 2. The zero-order valence-corrected chi connectivity index (χ0v) is 31.6. The van der Waals surface area contributed by atoms with Crippen molar-refractivity contribution in [3.8, 4) is 11.5 Å². The van der Waals surface area contributed by atoms with Crippen LogP contribution < -0.4 is 41.9 Å². The standard InChI is InChI=1S/C26H31ClN4O3.C13H15N3O3/c1-16-9-17(2)14-31(13-16)24-8-6-20(27)21(29-24)11-18-5-7-22-19(10-18)12-23(26(33)30(22)4)34-15-25(32)28-3;1-15-12(17)7-19-11-6-8-5-9(14)3-4-10(8)16(2)13(11)18/h5-8,10,12,16-17H,9,11,13-15H2,1-4H3,(H,28,32);3-6H,7,14H2,1-2H3,(H,15,17)/t16-,17+;. The number of hydrogen-bond acceptors (Lipinski definition) is 9. The van der Waals surface area contributed by atoms with Crippen LogP contribution in [0.5, 0.6) is 11.5 Å². The molecule has 53 heavy (non-hydrogen) atoms. The molecule has 0 radical (unpaired) electrons. The van der Waals surface area contributed by atoms with Crippen LogP contribution in [0, 0.1) is 11.8 Å². The first kappa shape index (κ1) is 38.7. The van der Waals surface area contributed by atoms with Crippen molar-refractivity contribution in [1.29, 1.82) is 0 Å². The first-order chi connectivity index (χ1) is 25.3. The highest BCUT2D eigenvalue weighted by atomic mass is 35.5. The molecule has 4 N–H and O–H groups in total. The van der Waals surface area contributed by atoms with Gasteiger partial charge in [0.15, 0.2) is 24.7 Å². The van der Waals surface area contributed by atoms with Gasteiger partial charge in [-0.15, -0.1) is 0 Å². The highest BCUT2D eigenvalue weighted by Gasteiger charge is 2.23. The second kappa shape index (κ2) is 16.8. The van der Waals surface area contributed by atoms with E-state index < -0.39 is 0 Å². The van der Waals surface area contributed by atoms with Gasteiger partial charge in [-0.1, -0.05) is 31.5 Å². The molecule has 14 heteroatoms. The highest BCUT2D eigenvalue weighted by molar-refractivity contribution is 6.31. The van der Waals surface area contributed by atoms with Crippen LogP contribution >= 0.6 is 11.6 Å². The molecule has 1 saturated heterocycles. The van der Waals surface area contributed by atoms with Crippen molar-refractivity contribution >= 4 is 56.7 Å². The summed E-state index contributed by atoms with van der Waals surface area (Å²) in [7, 11) is 6.37. The molecule has 2 amide bonds. The van der Waals surface area contributed by atoms with Crippen LogP contribution in [-0.2, 0) is 30.1 Å². The maximum Gasteiger partial charge on any atom is 0.293 e. The minimum Gasteiger partial charge on any atom is -0.478 e. The van der Waals surface area contributed by atoms with E-state index in [-0.39, 0.29) is 47.6 Å². The molecule has 1 aliphatic heterocycles. The molecule has 0 aliphatic carbocycles. The van der Waals surface area contributed by atoms with E-state index in [0.717, 1.165) is 52.0 Å². The minimum atomic E-state index is -0.297. The molecule has 0 unspecified atom stereocenters. The number of nitrogen functional groups attached to an aromatic ring is 1. The third-order valence-corrected chi connectivity index (χ3v) is 9.56. The Morgan fingerprint density at radius 2 is 1.34 bits per heavy atom. The number of rotatable bonds is 9. The number of amides is 2. The van der Waals surface area contributed by atoms with E-state index in [9.17, 15) is 19.2 Å². The maximum absolute atomic E-state index is 12.6. The Labute approximate surface area is 312 Å².